The number of nitrogens with one attached hydrogen (secondary N) is 3. The Morgan fingerprint density at radius 3 is 2.88 bits per heavy atom. The van der Waals surface area contributed by atoms with Gasteiger partial charge in [-0.05, 0) is 19.1 Å². The van der Waals surface area contributed by atoms with E-state index in [-0.39, 0.29) is 5.91 Å². The highest BCUT2D eigenvalue weighted by Gasteiger charge is 2.19. The molecule has 0 atom stereocenters. The van der Waals surface area contributed by atoms with E-state index < -0.39 is 0 Å². The zero-order chi connectivity index (χ0) is 17.8. The zero-order valence-electron chi connectivity index (χ0n) is 14.2. The first-order chi connectivity index (χ1) is 12.1. The van der Waals surface area contributed by atoms with Crippen molar-refractivity contribution in [1.82, 2.24) is 25.2 Å². The number of aryl methyl sites for hydroxylation is 2. The van der Waals surface area contributed by atoms with E-state index >= 15 is 0 Å². The van der Waals surface area contributed by atoms with Crippen molar-refractivity contribution in [2.45, 2.75) is 13.5 Å². The van der Waals surface area contributed by atoms with Crippen LogP contribution in [-0.4, -0.2) is 38.2 Å². The van der Waals surface area contributed by atoms with Crippen LogP contribution in [-0.2, 0) is 13.6 Å². The molecule has 130 valence electrons. The molecule has 0 saturated heterocycles. The average molecular weight is 341 g/mol. The maximum absolute atomic E-state index is 12.7. The van der Waals surface area contributed by atoms with Crippen molar-refractivity contribution in [3.63, 3.8) is 0 Å². The topological polar surface area (TPSA) is 110 Å². The molecule has 2 aromatic heterocycles. The summed E-state index contributed by atoms with van der Waals surface area (Å²) in [6.07, 6.45) is 1.65. The monoisotopic (exact) mass is 341 g/mol. The second-order valence-electron chi connectivity index (χ2n) is 5.41. The van der Waals surface area contributed by atoms with E-state index in [0.717, 1.165) is 5.69 Å². The van der Waals surface area contributed by atoms with Gasteiger partial charge in [-0.2, -0.15) is 20.1 Å². The Labute approximate surface area is 144 Å². The molecule has 0 aliphatic heterocycles. The van der Waals surface area contributed by atoms with Crippen LogP contribution in [0.2, 0.25) is 0 Å². The maximum atomic E-state index is 12.7. The molecule has 0 spiro atoms. The normalized spacial score (nSPS) is 10.5. The molecule has 0 radical (unpaired) electrons. The molecule has 25 heavy (non-hydrogen) atoms. The SMILES string of the molecule is COc1ccccc1NC(=O)c1c(NCc2cnn(C)n2)n[nH]c1C. The minimum Gasteiger partial charge on any atom is -0.495 e. The van der Waals surface area contributed by atoms with E-state index in [1.807, 2.05) is 12.1 Å². The first-order valence-corrected chi connectivity index (χ1v) is 7.67. The van der Waals surface area contributed by atoms with Gasteiger partial charge in [0.05, 0.1) is 25.5 Å². The van der Waals surface area contributed by atoms with Gasteiger partial charge in [-0.15, -0.1) is 0 Å². The van der Waals surface area contributed by atoms with Crippen LogP contribution < -0.4 is 15.4 Å². The third-order valence-electron chi connectivity index (χ3n) is 3.61. The molecule has 1 aromatic carbocycles. The molecular weight excluding hydrogens is 322 g/mol. The number of para-hydroxylation sites is 2. The van der Waals surface area contributed by atoms with Crippen molar-refractivity contribution in [3.05, 3.63) is 47.4 Å². The summed E-state index contributed by atoms with van der Waals surface area (Å²) >= 11 is 0. The second kappa shape index (κ2) is 7.04. The summed E-state index contributed by atoms with van der Waals surface area (Å²) in [4.78, 5) is 14.2. The van der Waals surface area contributed by atoms with Crippen molar-refractivity contribution in [2.24, 2.45) is 7.05 Å². The number of carbonyl (C=O) groups is 1. The van der Waals surface area contributed by atoms with Gasteiger partial charge in [0, 0.05) is 12.7 Å². The van der Waals surface area contributed by atoms with Crippen LogP contribution in [0, 0.1) is 6.92 Å². The standard InChI is InChI=1S/C16H19N7O2/c1-10-14(16(24)19-12-6-4-5-7-13(12)25-3)15(21-20-10)17-8-11-9-18-23(2)22-11/h4-7,9H,8H2,1-3H3,(H,19,24)(H2,17,20,21). The fraction of sp³-hybridized carbons (Fsp3) is 0.250. The molecule has 0 aliphatic carbocycles. The third-order valence-corrected chi connectivity index (χ3v) is 3.61. The molecule has 3 N–H and O–H groups in total. The lowest BCUT2D eigenvalue weighted by Gasteiger charge is -2.10. The summed E-state index contributed by atoms with van der Waals surface area (Å²) in [6.45, 7) is 2.20. The fourth-order valence-electron chi connectivity index (χ4n) is 2.41. The van der Waals surface area contributed by atoms with Gasteiger partial charge in [0.15, 0.2) is 5.82 Å². The number of aromatic nitrogens is 5. The molecule has 3 aromatic rings. The number of benzene rings is 1. The highest BCUT2D eigenvalue weighted by Crippen LogP contribution is 2.25. The molecule has 9 heteroatoms. The number of carbonyl (C=O) groups excluding carboxylic acids is 1. The minimum absolute atomic E-state index is 0.280. The molecular formula is C16H19N7O2. The minimum atomic E-state index is -0.280. The Morgan fingerprint density at radius 2 is 2.16 bits per heavy atom. The maximum Gasteiger partial charge on any atom is 0.261 e. The van der Waals surface area contributed by atoms with Crippen LogP contribution in [0.3, 0.4) is 0 Å². The first kappa shape index (κ1) is 16.5. The Hall–Kier alpha value is -3.36. The molecule has 0 fully saturated rings. The van der Waals surface area contributed by atoms with Gasteiger partial charge in [0.25, 0.3) is 5.91 Å². The van der Waals surface area contributed by atoms with Gasteiger partial charge in [0.2, 0.25) is 0 Å². The van der Waals surface area contributed by atoms with Gasteiger partial charge < -0.3 is 15.4 Å². The quantitative estimate of drug-likeness (QED) is 0.630. The van der Waals surface area contributed by atoms with Gasteiger partial charge in [0.1, 0.15) is 17.0 Å². The van der Waals surface area contributed by atoms with E-state index in [1.165, 1.54) is 4.80 Å². The molecule has 0 saturated carbocycles. The fourth-order valence-corrected chi connectivity index (χ4v) is 2.41. The van der Waals surface area contributed by atoms with Gasteiger partial charge in [-0.3, -0.25) is 9.89 Å². The molecule has 9 nitrogen and oxygen atoms in total. The number of hydrogen-bond acceptors (Lipinski definition) is 6. The zero-order valence-corrected chi connectivity index (χ0v) is 14.2. The summed E-state index contributed by atoms with van der Waals surface area (Å²) in [6, 6.07) is 7.23. The van der Waals surface area contributed by atoms with Crippen LogP contribution in [0.4, 0.5) is 11.5 Å². The van der Waals surface area contributed by atoms with Crippen LogP contribution in [0.5, 0.6) is 5.75 Å². The van der Waals surface area contributed by atoms with Crippen LogP contribution in [0.15, 0.2) is 30.5 Å². The Morgan fingerprint density at radius 1 is 1.36 bits per heavy atom. The number of amides is 1. The average Bonchev–Trinajstić information content (AvgIpc) is 3.19. The number of rotatable bonds is 6. The van der Waals surface area contributed by atoms with E-state index in [0.29, 0.717) is 35.1 Å². The summed E-state index contributed by atoms with van der Waals surface area (Å²) in [5, 5.41) is 21.1. The molecule has 0 bridgehead atoms. The smallest absolute Gasteiger partial charge is 0.261 e. The molecule has 1 amide bonds. The largest absolute Gasteiger partial charge is 0.495 e. The third kappa shape index (κ3) is 3.60. The highest BCUT2D eigenvalue weighted by molar-refractivity contribution is 6.08. The number of anilines is 2. The van der Waals surface area contributed by atoms with Gasteiger partial charge in [-0.25, -0.2) is 0 Å². The predicted octanol–water partition coefficient (Wildman–Crippen LogP) is 1.72. The van der Waals surface area contributed by atoms with Crippen molar-refractivity contribution in [2.75, 3.05) is 17.7 Å². The molecule has 2 heterocycles. The van der Waals surface area contributed by atoms with E-state index in [2.05, 4.69) is 31.0 Å². The van der Waals surface area contributed by atoms with Crippen molar-refractivity contribution < 1.29 is 9.53 Å². The van der Waals surface area contributed by atoms with Gasteiger partial charge >= 0.3 is 0 Å². The Kier molecular flexibility index (Phi) is 4.64. The van der Waals surface area contributed by atoms with Crippen molar-refractivity contribution in [3.8, 4) is 5.75 Å². The van der Waals surface area contributed by atoms with Crippen molar-refractivity contribution in [1.29, 1.82) is 0 Å². The van der Waals surface area contributed by atoms with Crippen LogP contribution in [0.25, 0.3) is 0 Å². The Balaban J connectivity index is 1.77. The second-order valence-corrected chi connectivity index (χ2v) is 5.41. The highest BCUT2D eigenvalue weighted by atomic mass is 16.5. The van der Waals surface area contributed by atoms with Crippen molar-refractivity contribution >= 4 is 17.4 Å². The lowest BCUT2D eigenvalue weighted by molar-refractivity contribution is 0.102. The number of methoxy groups -OCH3 is 1. The summed E-state index contributed by atoms with van der Waals surface area (Å²) in [5.74, 6) is 0.763. The summed E-state index contributed by atoms with van der Waals surface area (Å²) in [5.41, 5.74) is 2.44. The van der Waals surface area contributed by atoms with E-state index in [1.54, 1.807) is 39.4 Å². The predicted molar refractivity (Wildman–Crippen MR) is 92.6 cm³/mol. The Bertz CT molecular complexity index is 884. The van der Waals surface area contributed by atoms with Crippen LogP contribution >= 0.6 is 0 Å². The number of hydrogen-bond donors (Lipinski definition) is 3. The van der Waals surface area contributed by atoms with E-state index in [9.17, 15) is 4.79 Å². The van der Waals surface area contributed by atoms with Gasteiger partial charge in [-0.1, -0.05) is 12.1 Å². The summed E-state index contributed by atoms with van der Waals surface area (Å²) in [7, 11) is 3.30. The number of ether oxygens (including phenoxy) is 1. The number of H-pyrrole nitrogens is 1. The lowest BCUT2D eigenvalue weighted by atomic mass is 10.2. The lowest BCUT2D eigenvalue weighted by Crippen LogP contribution is -2.15. The number of aromatic amines is 1. The molecule has 0 unspecified atom stereocenters. The number of nitrogens with zero attached hydrogens (tertiary/aromatic N) is 4. The first-order valence-electron chi connectivity index (χ1n) is 7.67. The molecule has 0 aliphatic rings. The summed E-state index contributed by atoms with van der Waals surface area (Å²) < 4.78 is 5.26. The van der Waals surface area contributed by atoms with E-state index in [4.69, 9.17) is 4.74 Å². The molecule has 3 rings (SSSR count). The van der Waals surface area contributed by atoms with Crippen LogP contribution in [0.1, 0.15) is 21.7 Å².